The lowest BCUT2D eigenvalue weighted by atomic mass is 10.1. The van der Waals surface area contributed by atoms with Crippen molar-refractivity contribution in [3.05, 3.63) is 47.5 Å². The van der Waals surface area contributed by atoms with Crippen LogP contribution in [0.5, 0.6) is 11.5 Å². The summed E-state index contributed by atoms with van der Waals surface area (Å²) in [6.07, 6.45) is 0. The van der Waals surface area contributed by atoms with Gasteiger partial charge >= 0.3 is 0 Å². The maximum atomic E-state index is 12.5. The van der Waals surface area contributed by atoms with Gasteiger partial charge in [0.15, 0.2) is 0 Å². The number of anilines is 1. The van der Waals surface area contributed by atoms with Crippen LogP contribution in [0.3, 0.4) is 0 Å². The second-order valence-electron chi connectivity index (χ2n) is 5.23. The molecule has 0 bridgehead atoms. The number of carbonyl (C=O) groups is 1. The molecule has 25 heavy (non-hydrogen) atoms. The maximum Gasteiger partial charge on any atom is 0.255 e. The highest BCUT2D eigenvalue weighted by Crippen LogP contribution is 2.28. The zero-order valence-electron chi connectivity index (χ0n) is 14.4. The molecule has 0 unspecified atom stereocenters. The molecule has 0 fully saturated rings. The van der Waals surface area contributed by atoms with Crippen LogP contribution < -0.4 is 19.5 Å². The summed E-state index contributed by atoms with van der Waals surface area (Å²) >= 11 is 0. The number of hydrogen-bond donors (Lipinski definition) is 2. The Labute approximate surface area is 147 Å². The minimum absolute atomic E-state index is 0.110. The van der Waals surface area contributed by atoms with E-state index in [0.717, 1.165) is 5.56 Å². The Bertz CT molecular complexity index is 894. The highest BCUT2D eigenvalue weighted by molar-refractivity contribution is 7.89. The van der Waals surface area contributed by atoms with Crippen LogP contribution in [0, 0.1) is 6.92 Å². The number of aryl methyl sites for hydroxylation is 1. The fraction of sp³-hybridized carbons (Fsp3) is 0.235. The molecule has 0 radical (unpaired) electrons. The summed E-state index contributed by atoms with van der Waals surface area (Å²) in [5.74, 6) is 0.202. The molecule has 8 heteroatoms. The summed E-state index contributed by atoms with van der Waals surface area (Å²) in [5, 5.41) is 2.73. The molecule has 7 nitrogen and oxygen atoms in total. The summed E-state index contributed by atoms with van der Waals surface area (Å²) in [6, 6.07) is 9.57. The van der Waals surface area contributed by atoms with Crippen molar-refractivity contribution < 1.29 is 22.7 Å². The van der Waals surface area contributed by atoms with E-state index in [1.54, 1.807) is 12.1 Å². The number of nitrogens with one attached hydrogen (secondary N) is 2. The van der Waals surface area contributed by atoms with Crippen LogP contribution in [-0.2, 0) is 10.0 Å². The molecule has 2 N–H and O–H groups in total. The minimum Gasteiger partial charge on any atom is -0.495 e. The molecule has 0 spiro atoms. The third-order valence-corrected chi connectivity index (χ3v) is 5.02. The second kappa shape index (κ2) is 7.54. The predicted octanol–water partition coefficient (Wildman–Crippen LogP) is 2.17. The fourth-order valence-electron chi connectivity index (χ4n) is 2.25. The Kier molecular flexibility index (Phi) is 5.66. The second-order valence-corrected chi connectivity index (χ2v) is 7.09. The molecule has 0 saturated carbocycles. The van der Waals surface area contributed by atoms with E-state index in [2.05, 4.69) is 10.0 Å². The lowest BCUT2D eigenvalue weighted by Crippen LogP contribution is -2.20. The largest absolute Gasteiger partial charge is 0.495 e. The lowest BCUT2D eigenvalue weighted by molar-refractivity contribution is 0.102. The smallest absolute Gasteiger partial charge is 0.255 e. The molecular formula is C17H20N2O5S. The Balaban J connectivity index is 2.41. The monoisotopic (exact) mass is 364 g/mol. The van der Waals surface area contributed by atoms with Gasteiger partial charge in [-0.2, -0.15) is 0 Å². The van der Waals surface area contributed by atoms with E-state index in [1.807, 2.05) is 13.0 Å². The standard InChI is InChI=1S/C17H20N2O5S/c1-11-5-7-14(23-3)13(9-11)19-17(20)12-6-8-15(24-4)16(10-12)25(21,22)18-2/h5-10,18H,1-4H3,(H,19,20). The van der Waals surface area contributed by atoms with Gasteiger partial charge in [-0.25, -0.2) is 13.1 Å². The number of sulfonamides is 1. The summed E-state index contributed by atoms with van der Waals surface area (Å²) < 4.78 is 36.7. The van der Waals surface area contributed by atoms with Crippen molar-refractivity contribution in [1.29, 1.82) is 0 Å². The van der Waals surface area contributed by atoms with Crippen molar-refractivity contribution in [2.75, 3.05) is 26.6 Å². The van der Waals surface area contributed by atoms with E-state index < -0.39 is 15.9 Å². The van der Waals surface area contributed by atoms with E-state index in [4.69, 9.17) is 9.47 Å². The van der Waals surface area contributed by atoms with Crippen LogP contribution in [-0.4, -0.2) is 35.6 Å². The Morgan fingerprint density at radius 3 is 2.24 bits per heavy atom. The molecule has 134 valence electrons. The quantitative estimate of drug-likeness (QED) is 0.819. The van der Waals surface area contributed by atoms with Gasteiger partial charge in [0.05, 0.1) is 19.9 Å². The SMILES string of the molecule is CNS(=O)(=O)c1cc(C(=O)Nc2cc(C)ccc2OC)ccc1OC. The molecule has 0 aliphatic carbocycles. The van der Waals surface area contributed by atoms with Gasteiger partial charge < -0.3 is 14.8 Å². The van der Waals surface area contributed by atoms with E-state index in [0.29, 0.717) is 11.4 Å². The zero-order valence-corrected chi connectivity index (χ0v) is 15.2. The van der Waals surface area contributed by atoms with Crippen molar-refractivity contribution in [1.82, 2.24) is 4.72 Å². The molecular weight excluding hydrogens is 344 g/mol. The average Bonchev–Trinajstić information content (AvgIpc) is 2.61. The first-order valence-corrected chi connectivity index (χ1v) is 8.88. The zero-order chi connectivity index (χ0) is 18.6. The highest BCUT2D eigenvalue weighted by atomic mass is 32.2. The molecule has 2 rings (SSSR count). The molecule has 0 aromatic heterocycles. The maximum absolute atomic E-state index is 12.5. The van der Waals surface area contributed by atoms with Gasteiger partial charge in [-0.3, -0.25) is 4.79 Å². The number of hydrogen-bond acceptors (Lipinski definition) is 5. The van der Waals surface area contributed by atoms with Crippen molar-refractivity contribution >= 4 is 21.6 Å². The molecule has 0 aliphatic heterocycles. The van der Waals surface area contributed by atoms with Crippen LogP contribution in [0.15, 0.2) is 41.3 Å². The van der Waals surface area contributed by atoms with Gasteiger partial charge in [0.2, 0.25) is 10.0 Å². The molecule has 0 atom stereocenters. The number of methoxy groups -OCH3 is 2. The van der Waals surface area contributed by atoms with E-state index in [-0.39, 0.29) is 16.2 Å². The number of amides is 1. The number of carbonyl (C=O) groups excluding carboxylic acids is 1. The summed E-state index contributed by atoms with van der Waals surface area (Å²) in [7, 11) is 0.389. The van der Waals surface area contributed by atoms with Crippen molar-refractivity contribution in [2.24, 2.45) is 0 Å². The van der Waals surface area contributed by atoms with Gasteiger partial charge in [0, 0.05) is 5.56 Å². The highest BCUT2D eigenvalue weighted by Gasteiger charge is 2.20. The van der Waals surface area contributed by atoms with Crippen LogP contribution in [0.1, 0.15) is 15.9 Å². The summed E-state index contributed by atoms with van der Waals surface area (Å²) in [6.45, 7) is 1.89. The number of rotatable bonds is 6. The van der Waals surface area contributed by atoms with Crippen LogP contribution in [0.2, 0.25) is 0 Å². The van der Waals surface area contributed by atoms with E-state index >= 15 is 0 Å². The van der Waals surface area contributed by atoms with Crippen molar-refractivity contribution in [2.45, 2.75) is 11.8 Å². The Morgan fingerprint density at radius 2 is 1.64 bits per heavy atom. The lowest BCUT2D eigenvalue weighted by Gasteiger charge is -2.13. The van der Waals surface area contributed by atoms with Gasteiger partial charge in [0.25, 0.3) is 5.91 Å². The number of benzene rings is 2. The van der Waals surface area contributed by atoms with Gasteiger partial charge in [-0.15, -0.1) is 0 Å². The Hall–Kier alpha value is -2.58. The van der Waals surface area contributed by atoms with Crippen LogP contribution >= 0.6 is 0 Å². The van der Waals surface area contributed by atoms with E-state index in [1.165, 1.54) is 39.5 Å². The molecule has 2 aromatic carbocycles. The summed E-state index contributed by atoms with van der Waals surface area (Å²) in [5.41, 5.74) is 1.63. The average molecular weight is 364 g/mol. The minimum atomic E-state index is -3.77. The molecule has 0 saturated heterocycles. The summed E-state index contributed by atoms with van der Waals surface area (Å²) in [4.78, 5) is 12.4. The van der Waals surface area contributed by atoms with Gasteiger partial charge in [0.1, 0.15) is 16.4 Å². The van der Waals surface area contributed by atoms with Crippen LogP contribution in [0.25, 0.3) is 0 Å². The molecule has 0 heterocycles. The van der Waals surface area contributed by atoms with Crippen molar-refractivity contribution in [3.8, 4) is 11.5 Å². The van der Waals surface area contributed by atoms with Crippen molar-refractivity contribution in [3.63, 3.8) is 0 Å². The van der Waals surface area contributed by atoms with E-state index in [9.17, 15) is 13.2 Å². The topological polar surface area (TPSA) is 93.7 Å². The first-order chi connectivity index (χ1) is 11.8. The first kappa shape index (κ1) is 18.8. The predicted molar refractivity (Wildman–Crippen MR) is 94.9 cm³/mol. The van der Waals surface area contributed by atoms with Crippen LogP contribution in [0.4, 0.5) is 5.69 Å². The molecule has 0 aliphatic rings. The first-order valence-electron chi connectivity index (χ1n) is 7.40. The van der Waals surface area contributed by atoms with Gasteiger partial charge in [-0.1, -0.05) is 6.07 Å². The molecule has 1 amide bonds. The number of ether oxygens (including phenoxy) is 2. The van der Waals surface area contributed by atoms with Gasteiger partial charge in [-0.05, 0) is 49.9 Å². The fourth-order valence-corrected chi connectivity index (χ4v) is 3.17. The third-order valence-electron chi connectivity index (χ3n) is 3.59. The molecule has 2 aromatic rings. The normalized spacial score (nSPS) is 11.0. The third kappa shape index (κ3) is 4.09. The Morgan fingerprint density at radius 1 is 1.00 bits per heavy atom.